The van der Waals surface area contributed by atoms with E-state index in [0.717, 1.165) is 60.5 Å². The molecule has 0 saturated carbocycles. The SMILES string of the molecule is c1ccc(-c2nc(-c3ccc4ccccc4c3)nc(-c3cc(-c4ccc5ccccc5c4)cc4c3oc3ccc5ccccc5c34)n2)cc1. The summed E-state index contributed by atoms with van der Waals surface area (Å²) in [5.74, 6) is 1.79. The van der Waals surface area contributed by atoms with E-state index in [4.69, 9.17) is 19.4 Å². The summed E-state index contributed by atoms with van der Waals surface area (Å²) in [7, 11) is 0. The Kier molecular flexibility index (Phi) is 6.15. The maximum Gasteiger partial charge on any atom is 0.167 e. The summed E-state index contributed by atoms with van der Waals surface area (Å²) in [6, 6.07) is 57.0. The van der Waals surface area contributed by atoms with E-state index < -0.39 is 0 Å². The highest BCUT2D eigenvalue weighted by Crippen LogP contribution is 2.42. The fourth-order valence-electron chi connectivity index (χ4n) is 7.02. The van der Waals surface area contributed by atoms with Crippen LogP contribution in [-0.4, -0.2) is 15.0 Å². The molecule has 0 atom stereocenters. The van der Waals surface area contributed by atoms with Gasteiger partial charge in [0.1, 0.15) is 11.2 Å². The Morgan fingerprint density at radius 2 is 0.918 bits per heavy atom. The van der Waals surface area contributed by atoms with Crippen molar-refractivity contribution in [3.63, 3.8) is 0 Å². The first-order valence-electron chi connectivity index (χ1n) is 16.4. The third kappa shape index (κ3) is 4.65. The largest absolute Gasteiger partial charge is 0.455 e. The van der Waals surface area contributed by atoms with Gasteiger partial charge in [-0.25, -0.2) is 15.0 Å². The average Bonchev–Trinajstić information content (AvgIpc) is 3.56. The van der Waals surface area contributed by atoms with Crippen LogP contribution >= 0.6 is 0 Å². The van der Waals surface area contributed by atoms with Gasteiger partial charge in [0, 0.05) is 21.9 Å². The second kappa shape index (κ2) is 11.0. The minimum Gasteiger partial charge on any atom is -0.455 e. The van der Waals surface area contributed by atoms with Crippen LogP contribution < -0.4 is 0 Å². The minimum atomic E-state index is 0.563. The van der Waals surface area contributed by atoms with Gasteiger partial charge in [-0.05, 0) is 73.8 Å². The number of fused-ring (bicyclic) bond motifs is 7. The number of benzene rings is 8. The molecule has 0 saturated heterocycles. The highest BCUT2D eigenvalue weighted by atomic mass is 16.3. The first-order chi connectivity index (χ1) is 24.2. The van der Waals surface area contributed by atoms with Crippen LogP contribution in [0.1, 0.15) is 0 Å². The molecule has 8 aromatic carbocycles. The number of hydrogen-bond donors (Lipinski definition) is 0. The minimum absolute atomic E-state index is 0.563. The molecule has 0 amide bonds. The van der Waals surface area contributed by atoms with Crippen LogP contribution in [0.5, 0.6) is 0 Å². The Labute approximate surface area is 282 Å². The van der Waals surface area contributed by atoms with E-state index in [0.29, 0.717) is 17.5 Å². The molecule has 0 spiro atoms. The van der Waals surface area contributed by atoms with Crippen LogP contribution in [0.25, 0.3) is 99.5 Å². The molecule has 0 aliphatic rings. The van der Waals surface area contributed by atoms with Crippen molar-refractivity contribution in [3.8, 4) is 45.3 Å². The van der Waals surface area contributed by atoms with Gasteiger partial charge in [0.2, 0.25) is 0 Å². The van der Waals surface area contributed by atoms with E-state index in [1.165, 1.54) is 21.5 Å². The van der Waals surface area contributed by atoms with E-state index in [2.05, 4.69) is 133 Å². The molecule has 10 rings (SSSR count). The standard InChI is InChI=1S/C45H27N3O/c1-2-13-31(14-3-1)43-46-44(35-21-19-29-11-5-7-16-33(29)25-35)48-45(47-43)39-27-36(34-20-18-28-10-4-6-15-32(28)24-34)26-38-41-37-17-9-8-12-30(37)22-23-40(41)49-42(38)39/h1-27H. The molecule has 0 unspecified atom stereocenters. The summed E-state index contributed by atoms with van der Waals surface area (Å²) in [5.41, 5.74) is 6.44. The number of rotatable bonds is 4. The lowest BCUT2D eigenvalue weighted by Gasteiger charge is -2.11. The fraction of sp³-hybridized carbons (Fsp3) is 0. The quantitative estimate of drug-likeness (QED) is 0.195. The molecule has 0 aliphatic heterocycles. The van der Waals surface area contributed by atoms with Crippen molar-refractivity contribution < 1.29 is 4.42 Å². The van der Waals surface area contributed by atoms with E-state index in [1.807, 2.05) is 30.3 Å². The number of furan rings is 1. The van der Waals surface area contributed by atoms with Gasteiger partial charge < -0.3 is 4.42 Å². The molecule has 0 bridgehead atoms. The van der Waals surface area contributed by atoms with Crippen LogP contribution in [0.2, 0.25) is 0 Å². The summed E-state index contributed by atoms with van der Waals surface area (Å²) in [6.07, 6.45) is 0. The highest BCUT2D eigenvalue weighted by molar-refractivity contribution is 6.21. The van der Waals surface area contributed by atoms with Gasteiger partial charge in [0.25, 0.3) is 0 Å². The zero-order valence-corrected chi connectivity index (χ0v) is 26.3. The maximum absolute atomic E-state index is 6.76. The van der Waals surface area contributed by atoms with Gasteiger partial charge in [0.05, 0.1) is 5.56 Å². The molecular formula is C45H27N3O. The molecule has 0 N–H and O–H groups in total. The lowest BCUT2D eigenvalue weighted by atomic mass is 9.95. The molecule has 0 fully saturated rings. The lowest BCUT2D eigenvalue weighted by molar-refractivity contribution is 0.670. The third-order valence-corrected chi connectivity index (χ3v) is 9.46. The first-order valence-corrected chi connectivity index (χ1v) is 16.4. The second-order valence-corrected chi connectivity index (χ2v) is 12.5. The summed E-state index contributed by atoms with van der Waals surface area (Å²) in [5, 5.41) is 9.13. The van der Waals surface area contributed by atoms with Crippen LogP contribution in [0.15, 0.2) is 168 Å². The van der Waals surface area contributed by atoms with Crippen molar-refractivity contribution in [3.05, 3.63) is 164 Å². The molecule has 4 heteroatoms. The Hall–Kier alpha value is -6.65. The van der Waals surface area contributed by atoms with Crippen molar-refractivity contribution in [2.45, 2.75) is 0 Å². The lowest BCUT2D eigenvalue weighted by Crippen LogP contribution is -2.00. The number of aromatic nitrogens is 3. The first kappa shape index (κ1) is 27.5. The summed E-state index contributed by atoms with van der Waals surface area (Å²) in [4.78, 5) is 15.4. The molecule has 49 heavy (non-hydrogen) atoms. The molecule has 4 nitrogen and oxygen atoms in total. The van der Waals surface area contributed by atoms with E-state index >= 15 is 0 Å². The van der Waals surface area contributed by atoms with Crippen LogP contribution in [-0.2, 0) is 0 Å². The van der Waals surface area contributed by atoms with Gasteiger partial charge in [-0.3, -0.25) is 0 Å². The van der Waals surface area contributed by atoms with E-state index in [9.17, 15) is 0 Å². The zero-order chi connectivity index (χ0) is 32.3. The van der Waals surface area contributed by atoms with Gasteiger partial charge in [-0.2, -0.15) is 0 Å². The molecule has 228 valence electrons. The smallest absolute Gasteiger partial charge is 0.167 e. The van der Waals surface area contributed by atoms with Crippen molar-refractivity contribution in [2.75, 3.05) is 0 Å². The predicted octanol–water partition coefficient (Wildman–Crippen LogP) is 11.9. The Balaban J connectivity index is 1.29. The van der Waals surface area contributed by atoms with E-state index in [-0.39, 0.29) is 0 Å². The highest BCUT2D eigenvalue weighted by Gasteiger charge is 2.21. The molecule has 10 aromatic rings. The molecule has 2 aromatic heterocycles. The monoisotopic (exact) mass is 625 g/mol. The molecule has 0 radical (unpaired) electrons. The Morgan fingerprint density at radius 3 is 1.67 bits per heavy atom. The van der Waals surface area contributed by atoms with Gasteiger partial charge in [0.15, 0.2) is 17.5 Å². The van der Waals surface area contributed by atoms with Crippen molar-refractivity contribution >= 4 is 54.3 Å². The zero-order valence-electron chi connectivity index (χ0n) is 26.3. The molecule has 2 heterocycles. The second-order valence-electron chi connectivity index (χ2n) is 12.5. The van der Waals surface area contributed by atoms with Crippen molar-refractivity contribution in [1.29, 1.82) is 0 Å². The molecular weight excluding hydrogens is 599 g/mol. The topological polar surface area (TPSA) is 51.8 Å². The number of hydrogen-bond acceptors (Lipinski definition) is 4. The predicted molar refractivity (Wildman–Crippen MR) is 201 cm³/mol. The average molecular weight is 626 g/mol. The van der Waals surface area contributed by atoms with Crippen LogP contribution in [0.4, 0.5) is 0 Å². The fourth-order valence-corrected chi connectivity index (χ4v) is 7.02. The number of nitrogens with zero attached hydrogens (tertiary/aromatic N) is 3. The van der Waals surface area contributed by atoms with Gasteiger partial charge in [-0.1, -0.05) is 133 Å². The Bertz CT molecular complexity index is 2890. The summed E-state index contributed by atoms with van der Waals surface area (Å²) >= 11 is 0. The van der Waals surface area contributed by atoms with E-state index in [1.54, 1.807) is 0 Å². The normalized spacial score (nSPS) is 11.7. The maximum atomic E-state index is 6.76. The summed E-state index contributed by atoms with van der Waals surface area (Å²) in [6.45, 7) is 0. The van der Waals surface area contributed by atoms with Crippen molar-refractivity contribution in [1.82, 2.24) is 15.0 Å². The third-order valence-electron chi connectivity index (χ3n) is 9.46. The van der Waals surface area contributed by atoms with Crippen LogP contribution in [0.3, 0.4) is 0 Å². The van der Waals surface area contributed by atoms with Gasteiger partial charge >= 0.3 is 0 Å². The van der Waals surface area contributed by atoms with Gasteiger partial charge in [-0.15, -0.1) is 0 Å². The van der Waals surface area contributed by atoms with Crippen LogP contribution in [0, 0.1) is 0 Å². The van der Waals surface area contributed by atoms with Crippen molar-refractivity contribution in [2.24, 2.45) is 0 Å². The molecule has 0 aliphatic carbocycles. The summed E-state index contributed by atoms with van der Waals surface area (Å²) < 4.78 is 6.76. The Morgan fingerprint density at radius 1 is 0.347 bits per heavy atom.